The number of hydrogen-bond donors (Lipinski definition) is 5. The van der Waals surface area contributed by atoms with E-state index in [9.17, 15) is 4.57 Å². The zero-order valence-electron chi connectivity index (χ0n) is 6.55. The number of hydrogen-bond acceptors (Lipinski definition) is 4. The van der Waals surface area contributed by atoms with Gasteiger partial charge in [0.2, 0.25) is 0 Å². The predicted molar refractivity (Wildman–Crippen MR) is 42.9 cm³/mol. The fraction of sp³-hybridized carbons (Fsp3) is 1.00. The first kappa shape index (κ1) is 12.0. The summed E-state index contributed by atoms with van der Waals surface area (Å²) in [5.74, 6) is 0. The molecule has 5 N–H and O–H groups in total. The van der Waals surface area contributed by atoms with Crippen molar-refractivity contribution in [2.24, 2.45) is 0 Å². The van der Waals surface area contributed by atoms with Gasteiger partial charge in [0.15, 0.2) is 0 Å². The zero-order chi connectivity index (χ0) is 9.61. The van der Waals surface area contributed by atoms with Crippen LogP contribution in [0.5, 0.6) is 0 Å². The van der Waals surface area contributed by atoms with Gasteiger partial charge in [-0.3, -0.25) is 4.57 Å². The highest BCUT2D eigenvalue weighted by Crippen LogP contribution is 2.32. The number of nitrogens with one attached hydrogen (secondary N) is 1. The second-order valence-corrected chi connectivity index (χ2v) is 4.21. The van der Waals surface area contributed by atoms with Crippen LogP contribution in [0.15, 0.2) is 0 Å². The average molecular weight is 199 g/mol. The van der Waals surface area contributed by atoms with Gasteiger partial charge in [-0.25, -0.2) is 0 Å². The minimum Gasteiger partial charge on any atom is -0.394 e. The van der Waals surface area contributed by atoms with Crippen LogP contribution in [0, 0.1) is 0 Å². The topological polar surface area (TPSA) is 110 Å². The van der Waals surface area contributed by atoms with Crippen LogP contribution in [0.3, 0.4) is 0 Å². The first-order valence-corrected chi connectivity index (χ1v) is 5.29. The Balaban J connectivity index is 3.28. The lowest BCUT2D eigenvalue weighted by molar-refractivity contribution is 0.0949. The molecule has 0 rings (SSSR count). The van der Waals surface area contributed by atoms with Crippen molar-refractivity contribution >= 4 is 7.60 Å². The van der Waals surface area contributed by atoms with Crippen molar-refractivity contribution in [2.45, 2.75) is 6.10 Å². The van der Waals surface area contributed by atoms with Gasteiger partial charge in [-0.2, -0.15) is 0 Å². The Bertz CT molecular complexity index is 158. The summed E-state index contributed by atoms with van der Waals surface area (Å²) < 4.78 is 10.3. The molecule has 0 bridgehead atoms. The van der Waals surface area contributed by atoms with Gasteiger partial charge in [0.1, 0.15) is 0 Å². The molecule has 0 spiro atoms. The van der Waals surface area contributed by atoms with E-state index in [4.69, 9.17) is 20.0 Å². The summed E-state index contributed by atoms with van der Waals surface area (Å²) in [5, 5.41) is 19.7. The predicted octanol–water partition coefficient (Wildman–Crippen LogP) is -1.89. The quantitative estimate of drug-likeness (QED) is 0.252. The van der Waals surface area contributed by atoms with Crippen molar-refractivity contribution < 1.29 is 24.6 Å². The molecule has 0 aromatic heterocycles. The van der Waals surface area contributed by atoms with Crippen LogP contribution in [0.4, 0.5) is 0 Å². The Morgan fingerprint density at radius 3 is 2.42 bits per heavy atom. The molecule has 12 heavy (non-hydrogen) atoms. The van der Waals surface area contributed by atoms with Crippen molar-refractivity contribution in [3.63, 3.8) is 0 Å². The molecule has 74 valence electrons. The van der Waals surface area contributed by atoms with Crippen LogP contribution in [-0.4, -0.2) is 52.0 Å². The van der Waals surface area contributed by atoms with Gasteiger partial charge in [-0.1, -0.05) is 0 Å². The number of rotatable bonds is 6. The fourth-order valence-corrected chi connectivity index (χ4v) is 1.01. The van der Waals surface area contributed by atoms with Gasteiger partial charge in [-0.05, 0) is 0 Å². The highest BCUT2D eigenvalue weighted by atomic mass is 31.2. The molecule has 0 saturated heterocycles. The van der Waals surface area contributed by atoms with E-state index in [-0.39, 0.29) is 25.9 Å². The van der Waals surface area contributed by atoms with Crippen LogP contribution in [-0.2, 0) is 4.57 Å². The fourth-order valence-electron chi connectivity index (χ4n) is 0.558. The molecular formula is C5H14NO5P. The molecule has 0 aromatic rings. The summed E-state index contributed by atoms with van der Waals surface area (Å²) >= 11 is 0. The largest absolute Gasteiger partial charge is 0.394 e. The Morgan fingerprint density at radius 1 is 1.42 bits per heavy atom. The van der Waals surface area contributed by atoms with E-state index in [1.54, 1.807) is 0 Å². The second-order valence-electron chi connectivity index (χ2n) is 2.43. The highest BCUT2D eigenvalue weighted by Gasteiger charge is 2.11. The molecule has 0 heterocycles. The summed E-state index contributed by atoms with van der Waals surface area (Å²) in [6.45, 7) is -0.0965. The summed E-state index contributed by atoms with van der Waals surface area (Å²) in [5.41, 5.74) is 0. The Kier molecular flexibility index (Phi) is 5.65. The maximum atomic E-state index is 10.3. The van der Waals surface area contributed by atoms with Crippen molar-refractivity contribution in [3.05, 3.63) is 0 Å². The first-order chi connectivity index (χ1) is 5.45. The standard InChI is InChI=1S/C5H14NO5P/c7-4-5(8)3-6-1-2-12(9,10)11/h5-8H,1-4H2,(H2,9,10,11). The van der Waals surface area contributed by atoms with Gasteiger partial charge in [-0.15, -0.1) is 0 Å². The molecule has 1 atom stereocenters. The number of aliphatic hydroxyl groups excluding tert-OH is 2. The van der Waals surface area contributed by atoms with E-state index >= 15 is 0 Å². The first-order valence-electron chi connectivity index (χ1n) is 3.50. The van der Waals surface area contributed by atoms with Crippen LogP contribution < -0.4 is 5.32 Å². The van der Waals surface area contributed by atoms with Gasteiger partial charge in [0.05, 0.1) is 18.9 Å². The normalized spacial score (nSPS) is 14.7. The molecule has 0 amide bonds. The third-order valence-corrected chi connectivity index (χ3v) is 1.98. The Hall–Kier alpha value is 0.0300. The summed E-state index contributed by atoms with van der Waals surface area (Å²) in [7, 11) is -3.94. The van der Waals surface area contributed by atoms with Gasteiger partial charge < -0.3 is 25.3 Å². The van der Waals surface area contributed by atoms with Crippen molar-refractivity contribution in [3.8, 4) is 0 Å². The summed E-state index contributed by atoms with van der Waals surface area (Å²) in [6.07, 6.45) is -1.13. The van der Waals surface area contributed by atoms with Crippen molar-refractivity contribution in [1.29, 1.82) is 0 Å². The maximum absolute atomic E-state index is 10.3. The molecule has 0 aromatic carbocycles. The Labute approximate surface area is 70.4 Å². The lowest BCUT2D eigenvalue weighted by Gasteiger charge is -2.08. The van der Waals surface area contributed by atoms with Gasteiger partial charge >= 0.3 is 7.60 Å². The maximum Gasteiger partial charge on any atom is 0.326 e. The molecule has 6 nitrogen and oxygen atoms in total. The summed E-state index contributed by atoms with van der Waals surface area (Å²) in [4.78, 5) is 16.8. The second kappa shape index (κ2) is 5.64. The molecule has 7 heteroatoms. The summed E-state index contributed by atoms with van der Waals surface area (Å²) in [6, 6.07) is 0. The van der Waals surface area contributed by atoms with E-state index in [2.05, 4.69) is 5.32 Å². The third-order valence-electron chi connectivity index (χ3n) is 1.17. The minimum atomic E-state index is -3.94. The smallest absolute Gasteiger partial charge is 0.326 e. The van der Waals surface area contributed by atoms with Crippen LogP contribution in [0.1, 0.15) is 0 Å². The zero-order valence-corrected chi connectivity index (χ0v) is 7.44. The monoisotopic (exact) mass is 199 g/mol. The molecule has 0 aliphatic rings. The average Bonchev–Trinajstić information content (AvgIpc) is 1.96. The van der Waals surface area contributed by atoms with Crippen LogP contribution in [0.25, 0.3) is 0 Å². The van der Waals surface area contributed by atoms with E-state index < -0.39 is 13.7 Å². The number of aliphatic hydroxyl groups is 2. The van der Waals surface area contributed by atoms with Crippen LogP contribution >= 0.6 is 7.60 Å². The SMILES string of the molecule is O=P(O)(O)CCNCC(O)CO. The van der Waals surface area contributed by atoms with E-state index in [0.717, 1.165) is 0 Å². The van der Waals surface area contributed by atoms with E-state index in [1.165, 1.54) is 0 Å². The van der Waals surface area contributed by atoms with Crippen LogP contribution in [0.2, 0.25) is 0 Å². The van der Waals surface area contributed by atoms with E-state index in [1.807, 2.05) is 0 Å². The molecular weight excluding hydrogens is 185 g/mol. The molecule has 0 fully saturated rings. The minimum absolute atomic E-state index is 0.126. The van der Waals surface area contributed by atoms with Gasteiger partial charge in [0.25, 0.3) is 0 Å². The molecule has 0 aliphatic heterocycles. The van der Waals surface area contributed by atoms with Gasteiger partial charge in [0, 0.05) is 13.1 Å². The molecule has 1 unspecified atom stereocenters. The molecule has 0 aliphatic carbocycles. The lowest BCUT2D eigenvalue weighted by Crippen LogP contribution is -2.31. The lowest BCUT2D eigenvalue weighted by atomic mass is 10.4. The van der Waals surface area contributed by atoms with Crippen molar-refractivity contribution in [2.75, 3.05) is 25.9 Å². The van der Waals surface area contributed by atoms with Crippen molar-refractivity contribution in [1.82, 2.24) is 5.32 Å². The molecule has 0 saturated carbocycles. The molecule has 0 radical (unpaired) electrons. The highest BCUT2D eigenvalue weighted by molar-refractivity contribution is 7.51. The Morgan fingerprint density at radius 2 is 2.00 bits per heavy atom. The third kappa shape index (κ3) is 8.13. The van der Waals surface area contributed by atoms with E-state index in [0.29, 0.717) is 0 Å².